The highest BCUT2D eigenvalue weighted by atomic mass is 32.2. The van der Waals surface area contributed by atoms with E-state index in [1.165, 1.54) is 11.8 Å². The van der Waals surface area contributed by atoms with Crippen molar-refractivity contribution in [2.45, 2.75) is 18.0 Å². The summed E-state index contributed by atoms with van der Waals surface area (Å²) in [7, 11) is 0. The normalized spacial score (nSPS) is 14.4. The second kappa shape index (κ2) is 6.83. The minimum Gasteiger partial charge on any atom is -0.356 e. The third-order valence-electron chi connectivity index (χ3n) is 4.96. The van der Waals surface area contributed by atoms with Crippen LogP contribution in [0.25, 0.3) is 16.8 Å². The number of nitrogens with zero attached hydrogens (tertiary/aromatic N) is 4. The van der Waals surface area contributed by atoms with Gasteiger partial charge in [0.25, 0.3) is 5.91 Å². The fourth-order valence-electron chi connectivity index (χ4n) is 3.52. The summed E-state index contributed by atoms with van der Waals surface area (Å²) in [4.78, 5) is 34.3. The Labute approximate surface area is 164 Å². The van der Waals surface area contributed by atoms with Crippen molar-refractivity contribution in [3.63, 3.8) is 0 Å². The number of imidazole rings is 1. The molecule has 1 aromatic carbocycles. The van der Waals surface area contributed by atoms with E-state index in [9.17, 15) is 9.59 Å². The molecule has 142 valence electrons. The van der Waals surface area contributed by atoms with E-state index in [0.29, 0.717) is 22.2 Å². The molecule has 3 aromatic heterocycles. The highest BCUT2D eigenvalue weighted by Crippen LogP contribution is 2.24. The number of fused-ring (bicyclic) bond motifs is 3. The van der Waals surface area contributed by atoms with Crippen LogP contribution in [0.5, 0.6) is 0 Å². The van der Waals surface area contributed by atoms with Gasteiger partial charge in [-0.15, -0.1) is 5.10 Å². The number of carbonyl (C=O) groups is 2. The van der Waals surface area contributed by atoms with Crippen LogP contribution in [0, 0.1) is 0 Å². The number of aromatic nitrogens is 5. The van der Waals surface area contributed by atoms with Crippen molar-refractivity contribution in [2.75, 3.05) is 18.8 Å². The van der Waals surface area contributed by atoms with Crippen LogP contribution < -0.4 is 0 Å². The van der Waals surface area contributed by atoms with E-state index in [1.54, 1.807) is 12.3 Å². The number of H-pyrrole nitrogens is 2. The quantitative estimate of drug-likeness (QED) is 0.401. The summed E-state index contributed by atoms with van der Waals surface area (Å²) in [6.07, 6.45) is 3.69. The number of hydrogen-bond acceptors (Lipinski definition) is 5. The first-order valence-electron chi connectivity index (χ1n) is 9.16. The molecule has 4 heterocycles. The molecule has 0 aliphatic carbocycles. The number of rotatable bonds is 5. The Kier molecular flexibility index (Phi) is 4.16. The lowest BCUT2D eigenvalue weighted by Gasteiger charge is -2.13. The van der Waals surface area contributed by atoms with E-state index in [4.69, 9.17) is 0 Å². The van der Waals surface area contributed by atoms with E-state index in [-0.39, 0.29) is 17.4 Å². The van der Waals surface area contributed by atoms with Crippen LogP contribution in [0.1, 0.15) is 33.7 Å². The monoisotopic (exact) mass is 394 g/mol. The summed E-state index contributed by atoms with van der Waals surface area (Å²) in [6, 6.07) is 9.44. The van der Waals surface area contributed by atoms with Crippen LogP contribution in [0.15, 0.2) is 41.7 Å². The van der Waals surface area contributed by atoms with E-state index in [0.717, 1.165) is 37.0 Å². The van der Waals surface area contributed by atoms with Crippen LogP contribution in [0.3, 0.4) is 0 Å². The molecule has 28 heavy (non-hydrogen) atoms. The smallest absolute Gasteiger partial charge is 0.270 e. The predicted octanol–water partition coefficient (Wildman–Crippen LogP) is 2.75. The zero-order valence-electron chi connectivity index (χ0n) is 15.0. The van der Waals surface area contributed by atoms with Gasteiger partial charge in [-0.05, 0) is 31.0 Å². The van der Waals surface area contributed by atoms with Crippen LogP contribution >= 0.6 is 11.8 Å². The van der Waals surface area contributed by atoms with Crippen molar-refractivity contribution >= 4 is 40.3 Å². The second-order valence-electron chi connectivity index (χ2n) is 6.78. The summed E-state index contributed by atoms with van der Waals surface area (Å²) in [5.41, 5.74) is 2.80. The standard InChI is InChI=1S/C19H18N6O2S/c26-16(12-9-14(20-10-12)17(27)24-7-3-4-8-24)11-28-19-23-22-18-21-13-5-1-2-6-15(13)25(18)19/h1-2,5-6,9-10,20H,3-4,7-8,11H2,(H,21,22). The number of nitrogens with one attached hydrogen (secondary N) is 2. The van der Waals surface area contributed by atoms with Crippen molar-refractivity contribution in [1.29, 1.82) is 0 Å². The molecule has 1 fully saturated rings. The fourth-order valence-corrected chi connectivity index (χ4v) is 4.37. The van der Waals surface area contributed by atoms with Crippen molar-refractivity contribution in [3.8, 4) is 0 Å². The van der Waals surface area contributed by atoms with Crippen molar-refractivity contribution < 1.29 is 9.59 Å². The molecule has 1 aliphatic rings. The number of thioether (sulfide) groups is 1. The van der Waals surface area contributed by atoms with Crippen LogP contribution in [-0.4, -0.2) is 60.0 Å². The topological polar surface area (TPSA) is 99.1 Å². The SMILES string of the molecule is O=C(CSc1n[nH]c2nc3ccccc3n12)c1c[nH]c(C(=O)N2CCCC2)c1. The number of para-hydroxylation sites is 2. The third-order valence-corrected chi connectivity index (χ3v) is 5.90. The molecule has 2 N–H and O–H groups in total. The number of likely N-dealkylation sites (tertiary alicyclic amines) is 1. The number of aromatic amines is 2. The number of benzene rings is 1. The maximum atomic E-state index is 12.6. The van der Waals surface area contributed by atoms with Gasteiger partial charge in [-0.1, -0.05) is 23.9 Å². The van der Waals surface area contributed by atoms with Gasteiger partial charge in [-0.2, -0.15) is 0 Å². The Hall–Kier alpha value is -3.07. The van der Waals surface area contributed by atoms with Crippen molar-refractivity contribution in [3.05, 3.63) is 47.8 Å². The maximum Gasteiger partial charge on any atom is 0.270 e. The van der Waals surface area contributed by atoms with Crippen LogP contribution in [0.2, 0.25) is 0 Å². The molecule has 0 spiro atoms. The molecule has 4 aromatic rings. The summed E-state index contributed by atoms with van der Waals surface area (Å²) in [5, 5.41) is 7.86. The molecule has 0 radical (unpaired) electrons. The lowest BCUT2D eigenvalue weighted by atomic mass is 10.2. The van der Waals surface area contributed by atoms with E-state index >= 15 is 0 Å². The molecule has 0 saturated carbocycles. The van der Waals surface area contributed by atoms with Crippen LogP contribution in [0.4, 0.5) is 0 Å². The van der Waals surface area contributed by atoms with Gasteiger partial charge >= 0.3 is 0 Å². The minimum absolute atomic E-state index is 0.0388. The number of hydrogen-bond donors (Lipinski definition) is 2. The minimum atomic E-state index is -0.0534. The first-order valence-corrected chi connectivity index (χ1v) is 10.1. The van der Waals surface area contributed by atoms with Crippen molar-refractivity contribution in [1.82, 2.24) is 29.5 Å². The van der Waals surface area contributed by atoms with E-state index in [1.807, 2.05) is 33.6 Å². The van der Waals surface area contributed by atoms with Gasteiger partial charge in [-0.3, -0.25) is 14.0 Å². The zero-order valence-corrected chi connectivity index (χ0v) is 15.8. The van der Waals surface area contributed by atoms with Gasteiger partial charge in [0.1, 0.15) is 5.69 Å². The Bertz CT molecular complexity index is 1180. The van der Waals surface area contributed by atoms with E-state index < -0.39 is 0 Å². The number of carbonyl (C=O) groups excluding carboxylic acids is 2. The molecule has 0 atom stereocenters. The Morgan fingerprint density at radius 2 is 2.00 bits per heavy atom. The third kappa shape index (κ3) is 2.88. The van der Waals surface area contributed by atoms with Gasteiger partial charge in [0.05, 0.1) is 16.8 Å². The summed E-state index contributed by atoms with van der Waals surface area (Å²) in [5.74, 6) is 0.781. The lowest BCUT2D eigenvalue weighted by Crippen LogP contribution is -2.27. The van der Waals surface area contributed by atoms with Gasteiger partial charge in [0, 0.05) is 24.8 Å². The molecule has 5 rings (SSSR count). The highest BCUT2D eigenvalue weighted by molar-refractivity contribution is 7.99. The Morgan fingerprint density at radius 1 is 1.18 bits per heavy atom. The Morgan fingerprint density at radius 3 is 2.86 bits per heavy atom. The maximum absolute atomic E-state index is 12.6. The fraction of sp³-hybridized carbons (Fsp3) is 0.263. The van der Waals surface area contributed by atoms with E-state index in [2.05, 4.69) is 20.2 Å². The molecule has 8 nitrogen and oxygen atoms in total. The van der Waals surface area contributed by atoms with Gasteiger partial charge in [0.15, 0.2) is 10.9 Å². The first kappa shape index (κ1) is 17.1. The van der Waals surface area contributed by atoms with Gasteiger partial charge in [-0.25, -0.2) is 10.1 Å². The molecule has 1 saturated heterocycles. The summed E-state index contributed by atoms with van der Waals surface area (Å²) >= 11 is 1.34. The number of amides is 1. The number of ketones is 1. The average Bonchev–Trinajstić information content (AvgIpc) is 3.50. The first-order chi connectivity index (χ1) is 13.7. The molecular weight excluding hydrogens is 376 g/mol. The zero-order chi connectivity index (χ0) is 19.1. The molecule has 0 bridgehead atoms. The number of Topliss-reactive ketones (excluding diaryl/α,β-unsaturated/α-hetero) is 1. The van der Waals surface area contributed by atoms with Crippen LogP contribution in [-0.2, 0) is 0 Å². The Balaban J connectivity index is 1.31. The van der Waals surface area contributed by atoms with Gasteiger partial charge < -0.3 is 9.88 Å². The molecule has 1 amide bonds. The molecule has 9 heteroatoms. The lowest BCUT2D eigenvalue weighted by molar-refractivity contribution is 0.0787. The highest BCUT2D eigenvalue weighted by Gasteiger charge is 2.22. The largest absolute Gasteiger partial charge is 0.356 e. The molecule has 0 unspecified atom stereocenters. The second-order valence-corrected chi connectivity index (χ2v) is 7.72. The van der Waals surface area contributed by atoms with Crippen molar-refractivity contribution in [2.24, 2.45) is 0 Å². The predicted molar refractivity (Wildman–Crippen MR) is 106 cm³/mol. The molecular formula is C19H18N6O2S. The summed E-state index contributed by atoms with van der Waals surface area (Å²) in [6.45, 7) is 1.57. The van der Waals surface area contributed by atoms with Gasteiger partial charge in [0.2, 0.25) is 5.78 Å². The summed E-state index contributed by atoms with van der Waals surface area (Å²) < 4.78 is 1.91. The molecule has 1 aliphatic heterocycles. The average molecular weight is 394 g/mol.